The maximum Gasteiger partial charge on any atom is 0.310 e. The first kappa shape index (κ1) is 14.6. The molecule has 3 nitrogen and oxygen atoms in total. The number of hydrogen-bond donors (Lipinski definition) is 1. The molecule has 18 heavy (non-hydrogen) atoms. The lowest BCUT2D eigenvalue weighted by molar-refractivity contribution is -0.145. The summed E-state index contributed by atoms with van der Waals surface area (Å²) in [5.74, 6) is 0.180. The van der Waals surface area contributed by atoms with Crippen LogP contribution in [0.25, 0.3) is 0 Å². The van der Waals surface area contributed by atoms with Gasteiger partial charge in [-0.2, -0.15) is 0 Å². The van der Waals surface area contributed by atoms with E-state index in [0.29, 0.717) is 5.92 Å². The van der Waals surface area contributed by atoms with E-state index in [9.17, 15) is 4.79 Å². The van der Waals surface area contributed by atoms with Gasteiger partial charge in [0.15, 0.2) is 0 Å². The van der Waals surface area contributed by atoms with E-state index >= 15 is 0 Å². The van der Waals surface area contributed by atoms with Crippen LogP contribution in [0.3, 0.4) is 0 Å². The molecule has 0 bridgehead atoms. The van der Waals surface area contributed by atoms with Crippen molar-refractivity contribution in [2.45, 2.75) is 39.7 Å². The van der Waals surface area contributed by atoms with Crippen molar-refractivity contribution >= 4 is 11.7 Å². The van der Waals surface area contributed by atoms with Gasteiger partial charge in [-0.15, -0.1) is 0 Å². The predicted octanol–water partition coefficient (Wildman–Crippen LogP) is 3.42. The molecule has 0 aliphatic rings. The Labute approximate surface area is 110 Å². The Balaban J connectivity index is 2.64. The summed E-state index contributed by atoms with van der Waals surface area (Å²) in [4.78, 5) is 11.4. The van der Waals surface area contributed by atoms with Crippen LogP contribution in [0.2, 0.25) is 0 Å². The van der Waals surface area contributed by atoms with Gasteiger partial charge in [0, 0.05) is 11.7 Å². The van der Waals surface area contributed by atoms with Crippen LogP contribution in [0.5, 0.6) is 0 Å². The van der Waals surface area contributed by atoms with Gasteiger partial charge in [0.2, 0.25) is 0 Å². The van der Waals surface area contributed by atoms with Crippen molar-refractivity contribution in [3.05, 3.63) is 29.8 Å². The zero-order valence-electron chi connectivity index (χ0n) is 11.9. The van der Waals surface area contributed by atoms with E-state index in [4.69, 9.17) is 4.74 Å². The third-order valence-electron chi connectivity index (χ3n) is 3.29. The fourth-order valence-electron chi connectivity index (χ4n) is 1.74. The Bertz CT molecular complexity index is 384. The number of esters is 1. The lowest BCUT2D eigenvalue weighted by atomic mass is 10.0. The standard InChI is InChI=1S/C15H23NO2/c1-10(2)13-6-8-14(9-7-13)16-12(4)11(3)15(17)18-5/h6-12,16H,1-5H3. The molecule has 1 aromatic rings. The van der Waals surface area contributed by atoms with Gasteiger partial charge < -0.3 is 10.1 Å². The molecule has 2 atom stereocenters. The van der Waals surface area contributed by atoms with Gasteiger partial charge in [-0.1, -0.05) is 26.0 Å². The normalized spacial score (nSPS) is 14.1. The number of rotatable bonds is 5. The van der Waals surface area contributed by atoms with Gasteiger partial charge in [-0.25, -0.2) is 0 Å². The molecule has 1 aromatic carbocycles. The molecular formula is C15H23NO2. The van der Waals surface area contributed by atoms with Crippen molar-refractivity contribution < 1.29 is 9.53 Å². The van der Waals surface area contributed by atoms with Gasteiger partial charge in [-0.3, -0.25) is 4.79 Å². The number of anilines is 1. The molecule has 0 amide bonds. The molecule has 0 heterocycles. The summed E-state index contributed by atoms with van der Waals surface area (Å²) in [6.45, 7) is 8.19. The topological polar surface area (TPSA) is 38.3 Å². The SMILES string of the molecule is COC(=O)C(C)C(C)Nc1ccc(C(C)C)cc1. The molecule has 0 saturated heterocycles. The monoisotopic (exact) mass is 249 g/mol. The Kier molecular flexibility index (Phi) is 5.20. The minimum atomic E-state index is -0.186. The number of benzene rings is 1. The molecule has 2 unspecified atom stereocenters. The lowest BCUT2D eigenvalue weighted by Gasteiger charge is -2.20. The molecule has 0 aliphatic heterocycles. The van der Waals surface area contributed by atoms with Crippen LogP contribution in [0, 0.1) is 5.92 Å². The number of methoxy groups -OCH3 is 1. The lowest BCUT2D eigenvalue weighted by Crippen LogP contribution is -2.30. The van der Waals surface area contributed by atoms with E-state index in [-0.39, 0.29) is 17.9 Å². The summed E-state index contributed by atoms with van der Waals surface area (Å²) in [6.07, 6.45) is 0. The summed E-state index contributed by atoms with van der Waals surface area (Å²) >= 11 is 0. The van der Waals surface area contributed by atoms with Gasteiger partial charge in [0.25, 0.3) is 0 Å². The van der Waals surface area contributed by atoms with Gasteiger partial charge in [-0.05, 0) is 37.5 Å². The minimum Gasteiger partial charge on any atom is -0.469 e. The summed E-state index contributed by atoms with van der Waals surface area (Å²) in [6, 6.07) is 8.37. The fourth-order valence-corrected chi connectivity index (χ4v) is 1.74. The maximum absolute atomic E-state index is 11.4. The summed E-state index contributed by atoms with van der Waals surface area (Å²) < 4.78 is 4.74. The van der Waals surface area contributed by atoms with Crippen molar-refractivity contribution in [3.63, 3.8) is 0 Å². The van der Waals surface area contributed by atoms with E-state index in [2.05, 4.69) is 43.4 Å². The van der Waals surface area contributed by atoms with E-state index in [1.807, 2.05) is 13.8 Å². The molecule has 0 aliphatic carbocycles. The first-order chi connectivity index (χ1) is 8.45. The highest BCUT2D eigenvalue weighted by Gasteiger charge is 2.20. The third-order valence-corrected chi connectivity index (χ3v) is 3.29. The second-order valence-electron chi connectivity index (χ2n) is 5.02. The molecule has 1 N–H and O–H groups in total. The van der Waals surface area contributed by atoms with E-state index in [0.717, 1.165) is 5.69 Å². The number of carbonyl (C=O) groups is 1. The molecule has 3 heteroatoms. The molecular weight excluding hydrogens is 226 g/mol. The van der Waals surface area contributed by atoms with E-state index < -0.39 is 0 Å². The fraction of sp³-hybridized carbons (Fsp3) is 0.533. The summed E-state index contributed by atoms with van der Waals surface area (Å²) in [5.41, 5.74) is 2.34. The molecule has 0 fully saturated rings. The number of nitrogens with one attached hydrogen (secondary N) is 1. The number of carbonyl (C=O) groups excluding carboxylic acids is 1. The first-order valence-corrected chi connectivity index (χ1v) is 6.40. The zero-order chi connectivity index (χ0) is 13.7. The van der Waals surface area contributed by atoms with Gasteiger partial charge >= 0.3 is 5.97 Å². The molecule has 0 radical (unpaired) electrons. The average molecular weight is 249 g/mol. The molecule has 100 valence electrons. The van der Waals surface area contributed by atoms with E-state index in [1.54, 1.807) is 0 Å². The van der Waals surface area contributed by atoms with Crippen molar-refractivity contribution in [3.8, 4) is 0 Å². The van der Waals surface area contributed by atoms with Crippen molar-refractivity contribution in [2.24, 2.45) is 5.92 Å². The van der Waals surface area contributed by atoms with Gasteiger partial charge in [0.1, 0.15) is 0 Å². The van der Waals surface area contributed by atoms with Crippen molar-refractivity contribution in [1.82, 2.24) is 0 Å². The van der Waals surface area contributed by atoms with Crippen LogP contribution < -0.4 is 5.32 Å². The van der Waals surface area contributed by atoms with Crippen LogP contribution in [0.1, 0.15) is 39.2 Å². The highest BCUT2D eigenvalue weighted by molar-refractivity contribution is 5.73. The first-order valence-electron chi connectivity index (χ1n) is 6.40. The Morgan fingerprint density at radius 2 is 1.67 bits per heavy atom. The predicted molar refractivity (Wildman–Crippen MR) is 74.8 cm³/mol. The molecule has 0 saturated carbocycles. The highest BCUT2D eigenvalue weighted by Crippen LogP contribution is 2.19. The number of hydrogen-bond acceptors (Lipinski definition) is 3. The molecule has 1 rings (SSSR count). The highest BCUT2D eigenvalue weighted by atomic mass is 16.5. The summed E-state index contributed by atoms with van der Waals surface area (Å²) in [5, 5.41) is 3.32. The maximum atomic E-state index is 11.4. The second-order valence-corrected chi connectivity index (χ2v) is 5.02. The van der Waals surface area contributed by atoms with E-state index in [1.165, 1.54) is 12.7 Å². The summed E-state index contributed by atoms with van der Waals surface area (Å²) in [7, 11) is 1.42. The Morgan fingerprint density at radius 3 is 2.11 bits per heavy atom. The molecule has 0 spiro atoms. The minimum absolute atomic E-state index is 0.0438. The Hall–Kier alpha value is -1.51. The molecule has 0 aromatic heterocycles. The largest absolute Gasteiger partial charge is 0.469 e. The quantitative estimate of drug-likeness (QED) is 0.813. The van der Waals surface area contributed by atoms with Crippen molar-refractivity contribution in [1.29, 1.82) is 0 Å². The third kappa shape index (κ3) is 3.76. The zero-order valence-corrected chi connectivity index (χ0v) is 11.9. The van der Waals surface area contributed by atoms with Crippen LogP contribution in [0.4, 0.5) is 5.69 Å². The van der Waals surface area contributed by atoms with Crippen LogP contribution in [-0.4, -0.2) is 19.1 Å². The average Bonchev–Trinajstić information content (AvgIpc) is 2.37. The van der Waals surface area contributed by atoms with Crippen molar-refractivity contribution in [2.75, 3.05) is 12.4 Å². The van der Waals surface area contributed by atoms with Crippen LogP contribution >= 0.6 is 0 Å². The van der Waals surface area contributed by atoms with Gasteiger partial charge in [0.05, 0.1) is 13.0 Å². The van der Waals surface area contributed by atoms with Crippen LogP contribution in [-0.2, 0) is 9.53 Å². The number of ether oxygens (including phenoxy) is 1. The second kappa shape index (κ2) is 6.43. The van der Waals surface area contributed by atoms with Crippen LogP contribution in [0.15, 0.2) is 24.3 Å². The Morgan fingerprint density at radius 1 is 1.11 bits per heavy atom. The smallest absolute Gasteiger partial charge is 0.310 e.